The highest BCUT2D eigenvalue weighted by Crippen LogP contribution is 2.30. The Morgan fingerprint density at radius 3 is 2.69 bits per heavy atom. The highest BCUT2D eigenvalue weighted by atomic mass is 32.1. The minimum Gasteiger partial charge on any atom is -0.448 e. The maximum Gasteiger partial charge on any atom is 0.349 e. The molecular formula is C20H22FNO3S. The summed E-state index contributed by atoms with van der Waals surface area (Å²) in [5, 5.41) is 2.74. The lowest BCUT2D eigenvalue weighted by molar-refractivity contribution is -0.129. The zero-order valence-corrected chi connectivity index (χ0v) is 15.5. The summed E-state index contributed by atoms with van der Waals surface area (Å²) in [7, 11) is 0. The normalized spacial score (nSPS) is 14.4. The molecule has 0 radical (unpaired) electrons. The number of amides is 1. The fraction of sp³-hybridized carbons (Fsp3) is 0.400. The molecule has 0 aliphatic heterocycles. The summed E-state index contributed by atoms with van der Waals surface area (Å²) in [6, 6.07) is 8.05. The highest BCUT2D eigenvalue weighted by molar-refractivity contribution is 7.14. The van der Waals surface area contributed by atoms with Gasteiger partial charge < -0.3 is 10.1 Å². The quantitative estimate of drug-likeness (QED) is 0.784. The summed E-state index contributed by atoms with van der Waals surface area (Å²) < 4.78 is 18.2. The van der Waals surface area contributed by atoms with Crippen molar-refractivity contribution < 1.29 is 18.7 Å². The minimum absolute atomic E-state index is 0.284. The molecule has 1 aliphatic rings. The molecule has 1 aromatic carbocycles. The fourth-order valence-electron chi connectivity index (χ4n) is 2.99. The van der Waals surface area contributed by atoms with Gasteiger partial charge in [0.25, 0.3) is 5.91 Å². The van der Waals surface area contributed by atoms with Crippen molar-refractivity contribution in [3.8, 4) is 0 Å². The average Bonchev–Trinajstić information content (AvgIpc) is 3.07. The van der Waals surface area contributed by atoms with Gasteiger partial charge in [0.05, 0.1) is 0 Å². The largest absolute Gasteiger partial charge is 0.448 e. The topological polar surface area (TPSA) is 55.4 Å². The number of fused-ring (bicyclic) bond motifs is 1. The molecule has 1 heterocycles. The van der Waals surface area contributed by atoms with Gasteiger partial charge in [-0.1, -0.05) is 12.1 Å². The number of esters is 1. The van der Waals surface area contributed by atoms with Gasteiger partial charge in [0, 0.05) is 11.4 Å². The highest BCUT2D eigenvalue weighted by Gasteiger charge is 2.22. The summed E-state index contributed by atoms with van der Waals surface area (Å²) in [6.07, 6.45) is 4.09. The van der Waals surface area contributed by atoms with Crippen molar-refractivity contribution in [2.45, 2.75) is 45.1 Å². The van der Waals surface area contributed by atoms with Crippen LogP contribution < -0.4 is 5.32 Å². The predicted molar refractivity (Wildman–Crippen MR) is 99.0 cm³/mol. The van der Waals surface area contributed by atoms with Crippen LogP contribution in [0.15, 0.2) is 30.3 Å². The van der Waals surface area contributed by atoms with E-state index in [2.05, 4.69) is 5.32 Å². The Morgan fingerprint density at radius 2 is 1.96 bits per heavy atom. The molecule has 3 rings (SSSR count). The second-order valence-electron chi connectivity index (χ2n) is 6.48. The van der Waals surface area contributed by atoms with E-state index in [9.17, 15) is 14.0 Å². The lowest BCUT2D eigenvalue weighted by Gasteiger charge is -2.13. The van der Waals surface area contributed by atoms with E-state index < -0.39 is 12.1 Å². The van der Waals surface area contributed by atoms with Crippen molar-refractivity contribution >= 4 is 23.2 Å². The first-order valence-corrected chi connectivity index (χ1v) is 9.69. The van der Waals surface area contributed by atoms with Gasteiger partial charge in [0.2, 0.25) is 0 Å². The molecule has 1 aliphatic carbocycles. The van der Waals surface area contributed by atoms with Crippen LogP contribution in [0.5, 0.6) is 0 Å². The Bertz CT molecular complexity index is 761. The summed E-state index contributed by atoms with van der Waals surface area (Å²) in [6.45, 7) is 1.97. The number of carbonyl (C=O) groups is 2. The van der Waals surface area contributed by atoms with Crippen LogP contribution in [0.1, 0.15) is 45.4 Å². The van der Waals surface area contributed by atoms with Gasteiger partial charge >= 0.3 is 5.97 Å². The van der Waals surface area contributed by atoms with Crippen molar-refractivity contribution in [1.82, 2.24) is 5.32 Å². The van der Waals surface area contributed by atoms with E-state index in [1.807, 2.05) is 6.07 Å². The van der Waals surface area contributed by atoms with Crippen LogP contribution in [0.4, 0.5) is 4.39 Å². The number of thiophene rings is 1. The van der Waals surface area contributed by atoms with Gasteiger partial charge in [-0.05, 0) is 68.4 Å². The molecule has 26 heavy (non-hydrogen) atoms. The molecule has 2 aromatic rings. The molecule has 1 N–H and O–H groups in total. The van der Waals surface area contributed by atoms with Gasteiger partial charge in [-0.3, -0.25) is 4.79 Å². The first kappa shape index (κ1) is 18.6. The van der Waals surface area contributed by atoms with Crippen LogP contribution >= 0.6 is 11.3 Å². The Kier molecular flexibility index (Phi) is 6.04. The van der Waals surface area contributed by atoms with Crippen molar-refractivity contribution in [2.24, 2.45) is 0 Å². The van der Waals surface area contributed by atoms with Gasteiger partial charge in [0.15, 0.2) is 6.10 Å². The third-order valence-electron chi connectivity index (χ3n) is 4.48. The molecule has 0 bridgehead atoms. The SMILES string of the molecule is C[C@H](OC(=O)c1cc2c(s1)CCCC2)C(=O)NCCc1ccc(F)cc1. The average molecular weight is 375 g/mol. The number of ether oxygens (including phenoxy) is 1. The lowest BCUT2D eigenvalue weighted by atomic mass is 9.99. The number of benzene rings is 1. The monoisotopic (exact) mass is 375 g/mol. The lowest BCUT2D eigenvalue weighted by Crippen LogP contribution is -2.36. The number of carbonyl (C=O) groups excluding carboxylic acids is 2. The van der Waals surface area contributed by atoms with Crippen molar-refractivity contribution in [2.75, 3.05) is 6.54 Å². The molecule has 0 unspecified atom stereocenters. The Hall–Kier alpha value is -2.21. The molecule has 1 aromatic heterocycles. The van der Waals surface area contributed by atoms with Crippen molar-refractivity contribution in [3.63, 3.8) is 0 Å². The smallest absolute Gasteiger partial charge is 0.349 e. The third-order valence-corrected chi connectivity index (χ3v) is 5.69. The third kappa shape index (κ3) is 4.69. The van der Waals surface area contributed by atoms with Crippen LogP contribution in [-0.4, -0.2) is 24.5 Å². The van der Waals surface area contributed by atoms with E-state index in [1.165, 1.54) is 33.9 Å². The number of nitrogens with one attached hydrogen (secondary N) is 1. The van der Waals surface area contributed by atoms with Crippen LogP contribution in [0.3, 0.4) is 0 Å². The summed E-state index contributed by atoms with van der Waals surface area (Å²) in [5.41, 5.74) is 2.17. The van der Waals surface area contributed by atoms with E-state index in [0.29, 0.717) is 17.8 Å². The fourth-order valence-corrected chi connectivity index (χ4v) is 4.12. The maximum absolute atomic E-state index is 12.9. The van der Waals surface area contributed by atoms with E-state index in [1.54, 1.807) is 19.1 Å². The molecule has 0 spiro atoms. The molecule has 138 valence electrons. The zero-order valence-electron chi connectivity index (χ0n) is 14.7. The second-order valence-corrected chi connectivity index (χ2v) is 7.62. The van der Waals surface area contributed by atoms with Crippen LogP contribution in [0.25, 0.3) is 0 Å². The van der Waals surface area contributed by atoms with Crippen molar-refractivity contribution in [1.29, 1.82) is 0 Å². The van der Waals surface area contributed by atoms with Gasteiger partial charge in [-0.25, -0.2) is 9.18 Å². The maximum atomic E-state index is 12.9. The van der Waals surface area contributed by atoms with E-state index in [4.69, 9.17) is 4.74 Å². The number of rotatable bonds is 6. The summed E-state index contributed by atoms with van der Waals surface area (Å²) >= 11 is 1.48. The van der Waals surface area contributed by atoms with E-state index in [-0.39, 0.29) is 11.7 Å². The number of halogens is 1. The molecule has 1 amide bonds. The molecule has 4 nitrogen and oxygen atoms in total. The molecule has 0 saturated heterocycles. The molecule has 1 atom stereocenters. The molecule has 0 saturated carbocycles. The Labute approximate surface area is 156 Å². The van der Waals surface area contributed by atoms with Gasteiger partial charge in [-0.15, -0.1) is 11.3 Å². The Morgan fingerprint density at radius 1 is 1.23 bits per heavy atom. The second kappa shape index (κ2) is 8.45. The van der Waals surface area contributed by atoms with E-state index in [0.717, 1.165) is 31.2 Å². The number of aryl methyl sites for hydroxylation is 2. The van der Waals surface area contributed by atoms with Crippen LogP contribution in [0, 0.1) is 5.82 Å². The van der Waals surface area contributed by atoms with Crippen molar-refractivity contribution in [3.05, 3.63) is 57.0 Å². The van der Waals surface area contributed by atoms with E-state index >= 15 is 0 Å². The predicted octanol–water partition coefficient (Wildman–Crippen LogP) is 3.67. The van der Waals surface area contributed by atoms with Crippen LogP contribution in [-0.2, 0) is 28.8 Å². The van der Waals surface area contributed by atoms with Gasteiger partial charge in [-0.2, -0.15) is 0 Å². The van der Waals surface area contributed by atoms with Gasteiger partial charge in [0.1, 0.15) is 10.7 Å². The zero-order chi connectivity index (χ0) is 18.5. The number of hydrogen-bond donors (Lipinski definition) is 1. The first-order chi connectivity index (χ1) is 12.5. The standard InChI is InChI=1S/C20H22FNO3S/c1-13(19(23)22-11-10-14-6-8-16(21)9-7-14)25-20(24)18-12-15-4-2-3-5-17(15)26-18/h6-9,12-13H,2-5,10-11H2,1H3,(H,22,23)/t13-/m0/s1. The molecule has 6 heteroatoms. The Balaban J connectivity index is 1.46. The van der Waals surface area contributed by atoms with Crippen LogP contribution in [0.2, 0.25) is 0 Å². The first-order valence-electron chi connectivity index (χ1n) is 8.87. The molecule has 0 fully saturated rings. The minimum atomic E-state index is -0.852. The number of hydrogen-bond acceptors (Lipinski definition) is 4. The summed E-state index contributed by atoms with van der Waals surface area (Å²) in [5.74, 6) is -1.05. The molecular weight excluding hydrogens is 353 g/mol. The summed E-state index contributed by atoms with van der Waals surface area (Å²) in [4.78, 5) is 26.2.